The second kappa shape index (κ2) is 4.23. The first-order valence-corrected chi connectivity index (χ1v) is 5.69. The molecule has 0 aromatic carbocycles. The average molecular weight is 208 g/mol. The summed E-state index contributed by atoms with van der Waals surface area (Å²) in [6.45, 7) is 10.8. The van der Waals surface area contributed by atoms with Crippen LogP contribution in [0.1, 0.15) is 25.6 Å². The Morgan fingerprint density at radius 1 is 1.33 bits per heavy atom. The average Bonchev–Trinajstić information content (AvgIpc) is 2.61. The molecular weight excluding hydrogens is 188 g/mol. The molecule has 0 bridgehead atoms. The lowest BCUT2D eigenvalue weighted by Gasteiger charge is -2.30. The van der Waals surface area contributed by atoms with Gasteiger partial charge in [0.15, 0.2) is 0 Å². The molecule has 15 heavy (non-hydrogen) atoms. The maximum atomic E-state index is 4.52. The van der Waals surface area contributed by atoms with Crippen LogP contribution in [-0.4, -0.2) is 35.7 Å². The first-order valence-electron chi connectivity index (χ1n) is 5.69. The molecule has 84 valence electrons. The van der Waals surface area contributed by atoms with Crippen molar-refractivity contribution in [3.8, 4) is 0 Å². The van der Waals surface area contributed by atoms with Gasteiger partial charge in [0.1, 0.15) is 0 Å². The highest BCUT2D eigenvalue weighted by molar-refractivity contribution is 5.35. The largest absolute Gasteiger partial charge is 0.340 e. The maximum Gasteiger partial charge on any atom is 0.205 e. The Labute approximate surface area is 91.3 Å². The molecule has 0 saturated carbocycles. The Balaban J connectivity index is 2.26. The Bertz CT molecular complexity index is 323. The molecule has 0 aliphatic carbocycles. The van der Waals surface area contributed by atoms with E-state index in [1.54, 1.807) is 0 Å². The number of aryl methyl sites for hydroxylation is 1. The van der Waals surface area contributed by atoms with Crippen molar-refractivity contribution in [3.05, 3.63) is 11.9 Å². The summed E-state index contributed by atoms with van der Waals surface area (Å²) in [4.78, 5) is 6.89. The zero-order valence-corrected chi connectivity index (χ0v) is 9.82. The molecule has 1 saturated heterocycles. The first-order chi connectivity index (χ1) is 7.20. The van der Waals surface area contributed by atoms with Crippen LogP contribution in [0.4, 0.5) is 5.95 Å². The van der Waals surface area contributed by atoms with Gasteiger partial charge in [-0.15, -0.1) is 0 Å². The van der Waals surface area contributed by atoms with E-state index in [9.17, 15) is 0 Å². The van der Waals surface area contributed by atoms with E-state index in [-0.39, 0.29) is 0 Å². The number of imidazole rings is 1. The van der Waals surface area contributed by atoms with Crippen molar-refractivity contribution in [3.63, 3.8) is 0 Å². The van der Waals surface area contributed by atoms with Crippen molar-refractivity contribution in [2.24, 2.45) is 0 Å². The number of hydrogen-bond donors (Lipinski definition) is 1. The first kappa shape index (κ1) is 10.5. The molecule has 0 radical (unpaired) electrons. The van der Waals surface area contributed by atoms with E-state index in [4.69, 9.17) is 0 Å². The van der Waals surface area contributed by atoms with E-state index in [2.05, 4.69) is 40.5 Å². The molecular formula is C11H20N4. The van der Waals surface area contributed by atoms with Crippen LogP contribution in [-0.2, 0) is 0 Å². The number of anilines is 1. The number of hydrogen-bond acceptors (Lipinski definition) is 3. The van der Waals surface area contributed by atoms with Gasteiger partial charge in [0, 0.05) is 37.9 Å². The van der Waals surface area contributed by atoms with Gasteiger partial charge in [0.25, 0.3) is 0 Å². The van der Waals surface area contributed by atoms with E-state index in [1.807, 2.05) is 6.20 Å². The Morgan fingerprint density at radius 2 is 2.00 bits per heavy atom. The normalized spacial score (nSPS) is 17.5. The van der Waals surface area contributed by atoms with E-state index in [0.29, 0.717) is 6.04 Å². The zero-order valence-electron chi connectivity index (χ0n) is 9.82. The van der Waals surface area contributed by atoms with E-state index in [0.717, 1.165) is 32.1 Å². The van der Waals surface area contributed by atoms with Crippen molar-refractivity contribution in [1.82, 2.24) is 14.9 Å². The third kappa shape index (κ3) is 2.00. The third-order valence-corrected chi connectivity index (χ3v) is 2.88. The molecule has 1 N–H and O–H groups in total. The van der Waals surface area contributed by atoms with Gasteiger partial charge in [-0.25, -0.2) is 4.98 Å². The van der Waals surface area contributed by atoms with Gasteiger partial charge in [0.2, 0.25) is 5.95 Å². The molecule has 0 amide bonds. The maximum absolute atomic E-state index is 4.52. The highest BCUT2D eigenvalue weighted by Gasteiger charge is 2.18. The molecule has 1 aromatic heterocycles. The molecule has 0 atom stereocenters. The smallest absolute Gasteiger partial charge is 0.205 e. The number of aromatic nitrogens is 2. The molecule has 1 fully saturated rings. The van der Waals surface area contributed by atoms with Gasteiger partial charge in [-0.3, -0.25) is 0 Å². The van der Waals surface area contributed by atoms with Gasteiger partial charge >= 0.3 is 0 Å². The summed E-state index contributed by atoms with van der Waals surface area (Å²) in [5.41, 5.74) is 1.25. The van der Waals surface area contributed by atoms with Gasteiger partial charge in [-0.1, -0.05) is 0 Å². The Morgan fingerprint density at radius 3 is 2.60 bits per heavy atom. The summed E-state index contributed by atoms with van der Waals surface area (Å²) in [5, 5.41) is 3.36. The summed E-state index contributed by atoms with van der Waals surface area (Å²) in [6, 6.07) is 0.484. The summed E-state index contributed by atoms with van der Waals surface area (Å²) < 4.78 is 2.31. The van der Waals surface area contributed by atoms with Gasteiger partial charge in [0.05, 0.1) is 6.20 Å². The van der Waals surface area contributed by atoms with Crippen LogP contribution in [0.5, 0.6) is 0 Å². The van der Waals surface area contributed by atoms with E-state index < -0.39 is 0 Å². The van der Waals surface area contributed by atoms with Crippen molar-refractivity contribution in [2.75, 3.05) is 31.1 Å². The molecule has 4 heteroatoms. The van der Waals surface area contributed by atoms with Crippen LogP contribution in [0, 0.1) is 6.92 Å². The fourth-order valence-corrected chi connectivity index (χ4v) is 2.17. The third-order valence-electron chi connectivity index (χ3n) is 2.88. The lowest BCUT2D eigenvalue weighted by Crippen LogP contribution is -2.44. The predicted octanol–water partition coefficient (Wildman–Crippen LogP) is 1.18. The van der Waals surface area contributed by atoms with Crippen molar-refractivity contribution >= 4 is 5.95 Å². The van der Waals surface area contributed by atoms with Crippen LogP contribution < -0.4 is 10.2 Å². The molecule has 1 aliphatic rings. The minimum atomic E-state index is 0.484. The number of piperazine rings is 1. The second-order valence-electron chi connectivity index (χ2n) is 4.40. The highest BCUT2D eigenvalue weighted by Crippen LogP contribution is 2.20. The quantitative estimate of drug-likeness (QED) is 0.792. The minimum Gasteiger partial charge on any atom is -0.340 e. The molecule has 2 rings (SSSR count). The summed E-state index contributed by atoms with van der Waals surface area (Å²) in [5.74, 6) is 1.13. The predicted molar refractivity (Wildman–Crippen MR) is 62.4 cm³/mol. The molecule has 4 nitrogen and oxygen atoms in total. The summed E-state index contributed by atoms with van der Waals surface area (Å²) >= 11 is 0. The zero-order chi connectivity index (χ0) is 10.8. The van der Waals surface area contributed by atoms with Crippen molar-refractivity contribution in [2.45, 2.75) is 26.8 Å². The standard InChI is InChI=1S/C11H20N4/c1-9(2)15-10(3)8-13-11(15)14-6-4-12-5-7-14/h8-9,12H,4-7H2,1-3H3. The van der Waals surface area contributed by atoms with Crippen LogP contribution in [0.15, 0.2) is 6.20 Å². The fraction of sp³-hybridized carbons (Fsp3) is 0.727. The lowest BCUT2D eigenvalue weighted by atomic mass is 10.3. The minimum absolute atomic E-state index is 0.484. The number of nitrogens with one attached hydrogen (secondary N) is 1. The topological polar surface area (TPSA) is 33.1 Å². The lowest BCUT2D eigenvalue weighted by molar-refractivity contribution is 0.536. The van der Waals surface area contributed by atoms with Crippen molar-refractivity contribution in [1.29, 1.82) is 0 Å². The summed E-state index contributed by atoms with van der Waals surface area (Å²) in [6.07, 6.45) is 1.97. The van der Waals surface area contributed by atoms with E-state index in [1.165, 1.54) is 5.69 Å². The Hall–Kier alpha value is -1.03. The van der Waals surface area contributed by atoms with Crippen LogP contribution in [0.2, 0.25) is 0 Å². The van der Waals surface area contributed by atoms with Crippen LogP contribution in [0.25, 0.3) is 0 Å². The van der Waals surface area contributed by atoms with Gasteiger partial charge in [-0.2, -0.15) is 0 Å². The number of nitrogens with zero attached hydrogens (tertiary/aromatic N) is 3. The molecule has 1 aliphatic heterocycles. The van der Waals surface area contributed by atoms with E-state index >= 15 is 0 Å². The molecule has 2 heterocycles. The van der Waals surface area contributed by atoms with Gasteiger partial charge < -0.3 is 14.8 Å². The van der Waals surface area contributed by atoms with Crippen LogP contribution >= 0.6 is 0 Å². The molecule has 1 aromatic rings. The number of rotatable bonds is 2. The van der Waals surface area contributed by atoms with Gasteiger partial charge in [-0.05, 0) is 20.8 Å². The van der Waals surface area contributed by atoms with Crippen LogP contribution in [0.3, 0.4) is 0 Å². The van der Waals surface area contributed by atoms with Crippen molar-refractivity contribution < 1.29 is 0 Å². The SMILES string of the molecule is Cc1cnc(N2CCNCC2)n1C(C)C. The Kier molecular flexibility index (Phi) is 2.95. The monoisotopic (exact) mass is 208 g/mol. The second-order valence-corrected chi connectivity index (χ2v) is 4.40. The molecule has 0 spiro atoms. The summed E-state index contributed by atoms with van der Waals surface area (Å²) in [7, 11) is 0. The fourth-order valence-electron chi connectivity index (χ4n) is 2.17. The molecule has 0 unspecified atom stereocenters. The highest BCUT2D eigenvalue weighted by atomic mass is 15.3.